The maximum Gasteiger partial charge on any atom is 0.229 e. The van der Waals surface area contributed by atoms with Crippen molar-refractivity contribution in [3.8, 4) is 0 Å². The highest BCUT2D eigenvalue weighted by molar-refractivity contribution is 5.64. The summed E-state index contributed by atoms with van der Waals surface area (Å²) >= 11 is 0. The van der Waals surface area contributed by atoms with Gasteiger partial charge in [-0.25, -0.2) is 9.37 Å². The highest BCUT2D eigenvalue weighted by Crippen LogP contribution is 2.28. The minimum atomic E-state index is -0.481. The Hall–Kier alpha value is -2.49. The standard InChI is InChI=1S/C22H32FN7O/c1-15-12-16(6-7-19(15)30-10-8-29(2)9-11-30)26-22-25-13-17(23)21(28-22)27-18-4-3-5-20(18)31-14-24/h6-7,12-13,18,20H,3-5,8-11,14,24H2,1-2H3,(H2,25,26,27,28). The molecule has 4 N–H and O–H groups in total. The fraction of sp³-hybridized carbons (Fsp3) is 0.545. The third-order valence-corrected chi connectivity index (χ3v) is 6.13. The van der Waals surface area contributed by atoms with Gasteiger partial charge in [-0.3, -0.25) is 0 Å². The van der Waals surface area contributed by atoms with Crippen molar-refractivity contribution in [3.05, 3.63) is 35.8 Å². The van der Waals surface area contributed by atoms with Crippen molar-refractivity contribution in [2.24, 2.45) is 5.73 Å². The molecule has 9 heteroatoms. The predicted molar refractivity (Wildman–Crippen MR) is 121 cm³/mol. The van der Waals surface area contributed by atoms with Gasteiger partial charge in [0.05, 0.1) is 25.1 Å². The SMILES string of the molecule is Cc1cc(Nc2ncc(F)c(NC3CCCC3OCN)n2)ccc1N1CCN(C)CC1. The van der Waals surface area contributed by atoms with E-state index in [1.807, 2.05) is 6.07 Å². The number of ether oxygens (including phenoxy) is 1. The van der Waals surface area contributed by atoms with Crippen molar-refractivity contribution in [2.45, 2.75) is 38.3 Å². The van der Waals surface area contributed by atoms with Crippen LogP contribution >= 0.6 is 0 Å². The fourth-order valence-electron chi connectivity index (χ4n) is 4.38. The molecule has 168 valence electrons. The van der Waals surface area contributed by atoms with Crippen LogP contribution in [0.25, 0.3) is 0 Å². The summed E-state index contributed by atoms with van der Waals surface area (Å²) in [4.78, 5) is 13.2. The molecular formula is C22H32FN7O. The van der Waals surface area contributed by atoms with Gasteiger partial charge < -0.3 is 30.9 Å². The quantitative estimate of drug-likeness (QED) is 0.579. The molecular weight excluding hydrogens is 397 g/mol. The normalized spacial score (nSPS) is 22.0. The molecule has 1 aliphatic carbocycles. The van der Waals surface area contributed by atoms with Crippen molar-refractivity contribution in [3.63, 3.8) is 0 Å². The summed E-state index contributed by atoms with van der Waals surface area (Å²) in [5.74, 6) is 0.0521. The van der Waals surface area contributed by atoms with Gasteiger partial charge >= 0.3 is 0 Å². The fourth-order valence-corrected chi connectivity index (χ4v) is 4.38. The Morgan fingerprint density at radius 3 is 2.77 bits per heavy atom. The number of rotatable bonds is 7. The van der Waals surface area contributed by atoms with Gasteiger partial charge in [-0.2, -0.15) is 4.98 Å². The number of anilines is 4. The monoisotopic (exact) mass is 429 g/mol. The number of aryl methyl sites for hydroxylation is 1. The average Bonchev–Trinajstić information content (AvgIpc) is 3.18. The van der Waals surface area contributed by atoms with Crippen molar-refractivity contribution in [1.82, 2.24) is 14.9 Å². The van der Waals surface area contributed by atoms with E-state index in [1.54, 1.807) is 0 Å². The predicted octanol–water partition coefficient (Wildman–Crippen LogP) is 2.69. The van der Waals surface area contributed by atoms with Gasteiger partial charge in [0.25, 0.3) is 0 Å². The van der Waals surface area contributed by atoms with Gasteiger partial charge in [-0.05, 0) is 57.0 Å². The van der Waals surface area contributed by atoms with Crippen LogP contribution in [0.4, 0.5) is 27.5 Å². The maximum atomic E-state index is 14.3. The van der Waals surface area contributed by atoms with Crippen molar-refractivity contribution in [1.29, 1.82) is 0 Å². The molecule has 2 atom stereocenters. The third kappa shape index (κ3) is 5.23. The second-order valence-corrected chi connectivity index (χ2v) is 8.36. The lowest BCUT2D eigenvalue weighted by atomic mass is 10.1. The second kappa shape index (κ2) is 9.76. The molecule has 1 aromatic heterocycles. The molecule has 1 aliphatic heterocycles. The van der Waals surface area contributed by atoms with E-state index in [9.17, 15) is 4.39 Å². The van der Waals surface area contributed by atoms with E-state index < -0.39 is 5.82 Å². The van der Waals surface area contributed by atoms with Crippen LogP contribution in [0.15, 0.2) is 24.4 Å². The number of hydrogen-bond donors (Lipinski definition) is 3. The van der Waals surface area contributed by atoms with Crippen molar-refractivity contribution < 1.29 is 9.13 Å². The molecule has 2 aromatic rings. The number of nitrogens with one attached hydrogen (secondary N) is 2. The number of nitrogens with two attached hydrogens (primary N) is 1. The lowest BCUT2D eigenvalue weighted by molar-refractivity contribution is 0.0565. The van der Waals surface area contributed by atoms with E-state index >= 15 is 0 Å². The molecule has 2 fully saturated rings. The van der Waals surface area contributed by atoms with Gasteiger partial charge in [0.15, 0.2) is 11.6 Å². The zero-order chi connectivity index (χ0) is 21.8. The summed E-state index contributed by atoms with van der Waals surface area (Å²) in [5, 5.41) is 6.38. The lowest BCUT2D eigenvalue weighted by Crippen LogP contribution is -2.44. The summed E-state index contributed by atoms with van der Waals surface area (Å²) in [6.07, 6.45) is 3.98. The minimum Gasteiger partial charge on any atom is -0.369 e. The largest absolute Gasteiger partial charge is 0.369 e. The molecule has 0 spiro atoms. The van der Waals surface area contributed by atoms with Gasteiger partial charge in [-0.15, -0.1) is 0 Å². The number of halogens is 1. The van der Waals surface area contributed by atoms with Crippen LogP contribution in [0.1, 0.15) is 24.8 Å². The molecule has 0 amide bonds. The Morgan fingerprint density at radius 2 is 2.03 bits per heavy atom. The molecule has 2 aliphatic rings. The molecule has 1 saturated carbocycles. The molecule has 31 heavy (non-hydrogen) atoms. The number of piperazine rings is 1. The van der Waals surface area contributed by atoms with Crippen LogP contribution in [0.3, 0.4) is 0 Å². The Kier molecular flexibility index (Phi) is 6.84. The Bertz CT molecular complexity index is 888. The topological polar surface area (TPSA) is 91.6 Å². The van der Waals surface area contributed by atoms with Gasteiger partial charge in [-0.1, -0.05) is 0 Å². The summed E-state index contributed by atoms with van der Waals surface area (Å²) in [6, 6.07) is 6.21. The van der Waals surface area contributed by atoms with Crippen LogP contribution in [-0.2, 0) is 4.74 Å². The van der Waals surface area contributed by atoms with E-state index in [-0.39, 0.29) is 24.7 Å². The summed E-state index contributed by atoms with van der Waals surface area (Å²) < 4.78 is 19.9. The number of likely N-dealkylation sites (N-methyl/N-ethyl adjacent to an activating group) is 1. The Morgan fingerprint density at radius 1 is 1.23 bits per heavy atom. The van der Waals surface area contributed by atoms with Gasteiger partial charge in [0, 0.05) is 37.6 Å². The molecule has 4 rings (SSSR count). The number of hydrogen-bond acceptors (Lipinski definition) is 8. The van der Waals surface area contributed by atoms with Crippen LogP contribution in [0.2, 0.25) is 0 Å². The van der Waals surface area contributed by atoms with Crippen molar-refractivity contribution in [2.75, 3.05) is 55.5 Å². The van der Waals surface area contributed by atoms with E-state index in [1.165, 1.54) is 17.4 Å². The van der Waals surface area contributed by atoms with Crippen LogP contribution in [0, 0.1) is 12.7 Å². The van der Waals surface area contributed by atoms with Gasteiger partial charge in [0.1, 0.15) is 0 Å². The summed E-state index contributed by atoms with van der Waals surface area (Å²) in [5.41, 5.74) is 8.82. The first kappa shape index (κ1) is 21.7. The van der Waals surface area contributed by atoms with Gasteiger partial charge in [0.2, 0.25) is 5.95 Å². The highest BCUT2D eigenvalue weighted by Gasteiger charge is 2.29. The van der Waals surface area contributed by atoms with E-state index in [2.05, 4.69) is 56.5 Å². The van der Waals surface area contributed by atoms with Crippen LogP contribution in [-0.4, -0.2) is 67.0 Å². The molecule has 0 bridgehead atoms. The first-order valence-electron chi connectivity index (χ1n) is 11.0. The molecule has 2 unspecified atom stereocenters. The number of benzene rings is 1. The minimum absolute atomic E-state index is 0.00841. The Labute approximate surface area is 183 Å². The molecule has 1 aromatic carbocycles. The maximum absolute atomic E-state index is 14.3. The third-order valence-electron chi connectivity index (χ3n) is 6.13. The molecule has 2 heterocycles. The van der Waals surface area contributed by atoms with Crippen LogP contribution in [0.5, 0.6) is 0 Å². The number of nitrogens with zero attached hydrogens (tertiary/aromatic N) is 4. The zero-order valence-electron chi connectivity index (χ0n) is 18.3. The molecule has 8 nitrogen and oxygen atoms in total. The average molecular weight is 430 g/mol. The van der Waals surface area contributed by atoms with E-state index in [0.29, 0.717) is 5.95 Å². The number of aromatic nitrogens is 2. The van der Waals surface area contributed by atoms with Crippen molar-refractivity contribution >= 4 is 23.1 Å². The smallest absolute Gasteiger partial charge is 0.229 e. The lowest BCUT2D eigenvalue weighted by Gasteiger charge is -2.35. The molecule has 1 saturated heterocycles. The first-order chi connectivity index (χ1) is 15.0. The highest BCUT2D eigenvalue weighted by atomic mass is 19.1. The van der Waals surface area contributed by atoms with E-state index in [0.717, 1.165) is 51.1 Å². The summed E-state index contributed by atoms with van der Waals surface area (Å²) in [6.45, 7) is 6.44. The first-order valence-corrected chi connectivity index (χ1v) is 11.0. The second-order valence-electron chi connectivity index (χ2n) is 8.36. The van der Waals surface area contributed by atoms with Crippen LogP contribution < -0.4 is 21.3 Å². The molecule has 0 radical (unpaired) electrons. The van der Waals surface area contributed by atoms with E-state index in [4.69, 9.17) is 10.5 Å². The zero-order valence-corrected chi connectivity index (χ0v) is 18.3. The summed E-state index contributed by atoms with van der Waals surface area (Å²) in [7, 11) is 2.15. The Balaban J connectivity index is 1.44.